The minimum atomic E-state index is -0.227. The van der Waals surface area contributed by atoms with E-state index in [1.165, 1.54) is 12.8 Å². The van der Waals surface area contributed by atoms with Gasteiger partial charge in [-0.2, -0.15) is 0 Å². The lowest BCUT2D eigenvalue weighted by Gasteiger charge is -2.34. The van der Waals surface area contributed by atoms with E-state index in [1.54, 1.807) is 0 Å². The predicted octanol–water partition coefficient (Wildman–Crippen LogP) is 4.25. The number of aryl methyl sites for hydroxylation is 1. The maximum absolute atomic E-state index is 13.0. The van der Waals surface area contributed by atoms with Crippen LogP contribution in [-0.4, -0.2) is 60.5 Å². The third kappa shape index (κ3) is 5.34. The molecule has 2 fully saturated rings. The first-order chi connectivity index (χ1) is 14.5. The fraction of sp³-hybridized carbons (Fsp3) is 0.667. The Kier molecular flexibility index (Phi) is 8.14. The monoisotopic (exact) mass is 414 g/mol. The molecule has 3 rings (SSSR count). The fourth-order valence-corrected chi connectivity index (χ4v) is 4.96. The van der Waals surface area contributed by atoms with Crippen LogP contribution in [0.3, 0.4) is 0 Å². The number of carbonyl (C=O) groups is 2. The Balaban J connectivity index is 1.67. The summed E-state index contributed by atoms with van der Waals surface area (Å²) in [6.45, 7) is 10.9. The van der Waals surface area contributed by atoms with Crippen molar-refractivity contribution in [3.63, 3.8) is 0 Å². The average molecular weight is 415 g/mol. The second-order valence-corrected chi connectivity index (χ2v) is 8.72. The van der Waals surface area contributed by atoms with Crippen LogP contribution in [0.2, 0.25) is 0 Å². The molecule has 1 aromatic carbocycles. The molecule has 0 unspecified atom stereocenters. The van der Waals surface area contributed by atoms with Crippen molar-refractivity contribution in [2.45, 2.75) is 65.3 Å². The minimum Gasteiger partial charge on any atom is -0.339 e. The highest BCUT2D eigenvalue weighted by Gasteiger charge is 2.28. The van der Waals surface area contributed by atoms with Gasteiger partial charge in [0.15, 0.2) is 0 Å². The van der Waals surface area contributed by atoms with Gasteiger partial charge in [0.2, 0.25) is 0 Å². The second kappa shape index (κ2) is 10.8. The second-order valence-electron chi connectivity index (χ2n) is 8.72. The number of amides is 3. The molecule has 0 saturated carbocycles. The highest BCUT2D eigenvalue weighted by Crippen LogP contribution is 2.25. The van der Waals surface area contributed by atoms with Crippen LogP contribution < -0.4 is 10.6 Å². The summed E-state index contributed by atoms with van der Waals surface area (Å²) in [6.07, 6.45) is 6.83. The Bertz CT molecular complexity index is 718. The van der Waals surface area contributed by atoms with Gasteiger partial charge in [-0.15, -0.1) is 0 Å². The lowest BCUT2D eigenvalue weighted by molar-refractivity contribution is 0.0793. The summed E-state index contributed by atoms with van der Waals surface area (Å²) in [5.74, 6) is 0.590. The maximum Gasteiger partial charge on any atom is 0.319 e. The third-order valence-electron chi connectivity index (χ3n) is 6.81. The molecule has 0 aliphatic carbocycles. The number of hydrogen-bond acceptors (Lipinski definition) is 3. The molecule has 0 radical (unpaired) electrons. The van der Waals surface area contributed by atoms with Crippen LogP contribution in [0.1, 0.15) is 68.3 Å². The Morgan fingerprint density at radius 1 is 1.00 bits per heavy atom. The van der Waals surface area contributed by atoms with Crippen LogP contribution in [0.5, 0.6) is 0 Å². The normalized spacial score (nSPS) is 18.1. The number of nitrogens with one attached hydrogen (secondary N) is 2. The van der Waals surface area contributed by atoms with Crippen molar-refractivity contribution in [2.75, 3.05) is 38.0 Å². The third-order valence-corrected chi connectivity index (χ3v) is 6.81. The molecule has 1 atom stereocenters. The maximum atomic E-state index is 13.0. The van der Waals surface area contributed by atoms with E-state index in [-0.39, 0.29) is 11.9 Å². The van der Waals surface area contributed by atoms with Gasteiger partial charge in [-0.25, -0.2) is 4.79 Å². The van der Waals surface area contributed by atoms with Crippen molar-refractivity contribution in [3.8, 4) is 0 Å². The molecule has 6 heteroatoms. The number of rotatable bonds is 8. The highest BCUT2D eigenvalue weighted by molar-refractivity contribution is 6.04. The van der Waals surface area contributed by atoms with Crippen molar-refractivity contribution in [3.05, 3.63) is 29.3 Å². The Morgan fingerprint density at radius 3 is 2.27 bits per heavy atom. The molecule has 2 aliphatic heterocycles. The van der Waals surface area contributed by atoms with Gasteiger partial charge in [-0.3, -0.25) is 9.69 Å². The largest absolute Gasteiger partial charge is 0.339 e. The van der Waals surface area contributed by atoms with Crippen molar-refractivity contribution in [1.29, 1.82) is 0 Å². The fourth-order valence-electron chi connectivity index (χ4n) is 4.96. The molecule has 30 heavy (non-hydrogen) atoms. The molecular weight excluding hydrogens is 376 g/mol. The number of nitrogens with zero attached hydrogens (tertiary/aromatic N) is 2. The minimum absolute atomic E-state index is 0.0125. The van der Waals surface area contributed by atoms with Crippen LogP contribution in [0.15, 0.2) is 18.2 Å². The molecule has 166 valence electrons. The quantitative estimate of drug-likeness (QED) is 0.668. The Labute approximate surface area is 181 Å². The zero-order valence-corrected chi connectivity index (χ0v) is 18.9. The molecule has 2 saturated heterocycles. The van der Waals surface area contributed by atoms with E-state index in [0.29, 0.717) is 29.8 Å². The van der Waals surface area contributed by atoms with Gasteiger partial charge in [0, 0.05) is 25.7 Å². The van der Waals surface area contributed by atoms with E-state index in [0.717, 1.165) is 57.4 Å². The predicted molar refractivity (Wildman–Crippen MR) is 122 cm³/mol. The summed E-state index contributed by atoms with van der Waals surface area (Å²) in [5.41, 5.74) is 2.13. The molecule has 0 bridgehead atoms. The van der Waals surface area contributed by atoms with Gasteiger partial charge in [0.25, 0.3) is 5.91 Å². The average Bonchev–Trinajstić information content (AvgIpc) is 3.46. The van der Waals surface area contributed by atoms with Crippen LogP contribution in [0.25, 0.3) is 0 Å². The number of urea groups is 1. The van der Waals surface area contributed by atoms with Crippen molar-refractivity contribution >= 4 is 17.6 Å². The van der Waals surface area contributed by atoms with E-state index < -0.39 is 0 Å². The molecule has 0 aromatic heterocycles. The molecule has 2 heterocycles. The van der Waals surface area contributed by atoms with E-state index in [2.05, 4.69) is 29.4 Å². The highest BCUT2D eigenvalue weighted by atomic mass is 16.2. The summed E-state index contributed by atoms with van der Waals surface area (Å²) >= 11 is 0. The Hall–Kier alpha value is -2.08. The summed E-state index contributed by atoms with van der Waals surface area (Å²) in [6, 6.07) is 5.79. The van der Waals surface area contributed by atoms with Crippen LogP contribution in [0.4, 0.5) is 10.5 Å². The summed E-state index contributed by atoms with van der Waals surface area (Å²) < 4.78 is 0. The molecule has 6 nitrogen and oxygen atoms in total. The SMILES string of the molecule is CCC(CC)[C@H](CNC(=O)Nc1c(C)cccc1C(=O)N1CCCC1)N1CCCC1. The first-order valence-corrected chi connectivity index (χ1v) is 11.7. The number of para-hydroxylation sites is 1. The van der Waals surface area contributed by atoms with Gasteiger partial charge < -0.3 is 15.5 Å². The van der Waals surface area contributed by atoms with Crippen LogP contribution in [-0.2, 0) is 0 Å². The van der Waals surface area contributed by atoms with Crippen LogP contribution in [0, 0.1) is 12.8 Å². The van der Waals surface area contributed by atoms with Gasteiger partial charge in [-0.05, 0) is 63.2 Å². The lowest BCUT2D eigenvalue weighted by Crippen LogP contribution is -2.47. The number of anilines is 1. The van der Waals surface area contributed by atoms with E-state index in [4.69, 9.17) is 0 Å². The van der Waals surface area contributed by atoms with E-state index in [1.807, 2.05) is 30.0 Å². The lowest BCUT2D eigenvalue weighted by atomic mass is 9.93. The van der Waals surface area contributed by atoms with Crippen molar-refractivity contribution in [1.82, 2.24) is 15.1 Å². The summed E-state index contributed by atoms with van der Waals surface area (Å²) in [5, 5.41) is 6.09. The Morgan fingerprint density at radius 2 is 1.63 bits per heavy atom. The first kappa shape index (κ1) is 22.6. The summed E-state index contributed by atoms with van der Waals surface area (Å²) in [4.78, 5) is 30.2. The summed E-state index contributed by atoms with van der Waals surface area (Å²) in [7, 11) is 0. The van der Waals surface area contributed by atoms with Crippen molar-refractivity contribution < 1.29 is 9.59 Å². The molecule has 1 aromatic rings. The smallest absolute Gasteiger partial charge is 0.319 e. The molecule has 0 spiro atoms. The van der Waals surface area contributed by atoms with Gasteiger partial charge >= 0.3 is 6.03 Å². The zero-order valence-electron chi connectivity index (χ0n) is 18.9. The van der Waals surface area contributed by atoms with E-state index >= 15 is 0 Å². The standard InChI is InChI=1S/C24H38N4O2/c1-4-19(5-2)21(27-13-6-7-14-27)17-25-24(30)26-22-18(3)11-10-12-20(22)23(29)28-15-8-9-16-28/h10-12,19,21H,4-9,13-17H2,1-3H3,(H2,25,26,30)/t21-/m0/s1. The topological polar surface area (TPSA) is 64.7 Å². The first-order valence-electron chi connectivity index (χ1n) is 11.7. The van der Waals surface area contributed by atoms with E-state index in [9.17, 15) is 9.59 Å². The number of likely N-dealkylation sites (tertiary alicyclic amines) is 2. The van der Waals surface area contributed by atoms with Gasteiger partial charge in [0.05, 0.1) is 11.3 Å². The number of carbonyl (C=O) groups excluding carboxylic acids is 2. The number of benzene rings is 1. The molecule has 3 amide bonds. The number of hydrogen-bond donors (Lipinski definition) is 2. The zero-order chi connectivity index (χ0) is 21.5. The van der Waals surface area contributed by atoms with Crippen molar-refractivity contribution in [2.24, 2.45) is 5.92 Å². The molecular formula is C24H38N4O2. The molecule has 2 N–H and O–H groups in total. The van der Waals surface area contributed by atoms with Gasteiger partial charge in [0.1, 0.15) is 0 Å². The van der Waals surface area contributed by atoms with Gasteiger partial charge in [-0.1, -0.05) is 38.8 Å². The van der Waals surface area contributed by atoms with Crippen LogP contribution >= 0.6 is 0 Å². The molecule has 2 aliphatic rings.